The lowest BCUT2D eigenvalue weighted by atomic mass is 10.3. The van der Waals surface area contributed by atoms with Crippen LogP contribution < -0.4 is 0 Å². The van der Waals surface area contributed by atoms with Gasteiger partial charge in [0.25, 0.3) is 0 Å². The summed E-state index contributed by atoms with van der Waals surface area (Å²) in [5.74, 6) is -0.188. The zero-order valence-electron chi connectivity index (χ0n) is 25.8. The topological polar surface area (TPSA) is 128 Å². The van der Waals surface area contributed by atoms with E-state index in [1.807, 2.05) is 6.92 Å². The summed E-state index contributed by atoms with van der Waals surface area (Å²) in [4.78, 5) is 11.2. The Kier molecular flexibility index (Phi) is 36.7. The highest BCUT2D eigenvalue weighted by Crippen LogP contribution is 1.91. The van der Waals surface area contributed by atoms with Crippen molar-refractivity contribution in [2.24, 2.45) is 0 Å². The largest absolute Gasteiger partial charge is 0.463 e. The number of rotatable bonds is 37. The standard InChI is InChI=1S/C29H56O13/c1-3-5-29(30)42-28-27-41-26-25-40-24-23-39-22-21-38-20-19-37-18-17-36-16-15-35-14-13-34-12-11-33-10-9-32-8-7-31-6-4-2/h4H,2-3,5-28H2,1H3. The molecule has 250 valence electrons. The Morgan fingerprint density at radius 1 is 0.429 bits per heavy atom. The minimum Gasteiger partial charge on any atom is -0.463 e. The van der Waals surface area contributed by atoms with Crippen LogP contribution in [0.25, 0.3) is 0 Å². The summed E-state index contributed by atoms with van der Waals surface area (Å²) in [5.41, 5.74) is 0. The highest BCUT2D eigenvalue weighted by Gasteiger charge is 2.00. The van der Waals surface area contributed by atoms with Crippen LogP contribution in [0, 0.1) is 0 Å². The molecule has 0 unspecified atom stereocenters. The SMILES string of the molecule is C=CCOCCOCCOCCOCCOCCOCCOCCOCCOCCOCCOCCOC(=O)CCC. The van der Waals surface area contributed by atoms with E-state index in [2.05, 4.69) is 6.58 Å². The number of ether oxygens (including phenoxy) is 12. The van der Waals surface area contributed by atoms with Crippen LogP contribution >= 0.6 is 0 Å². The second-order valence-corrected chi connectivity index (χ2v) is 8.46. The molecule has 0 amide bonds. The van der Waals surface area contributed by atoms with Gasteiger partial charge >= 0.3 is 5.97 Å². The molecule has 0 aromatic carbocycles. The molecule has 42 heavy (non-hydrogen) atoms. The molecule has 0 radical (unpaired) electrons. The number of carbonyl (C=O) groups excluding carboxylic acids is 1. The van der Waals surface area contributed by atoms with Crippen LogP contribution in [-0.4, -0.2) is 158 Å². The van der Waals surface area contributed by atoms with E-state index >= 15 is 0 Å². The Labute approximate surface area is 252 Å². The summed E-state index contributed by atoms with van der Waals surface area (Å²) in [6.45, 7) is 16.8. The molecule has 0 fully saturated rings. The fourth-order valence-corrected chi connectivity index (χ4v) is 2.86. The number of hydrogen-bond acceptors (Lipinski definition) is 13. The third-order valence-corrected chi connectivity index (χ3v) is 4.90. The molecule has 0 rings (SSSR count). The van der Waals surface area contributed by atoms with Crippen molar-refractivity contribution in [3.8, 4) is 0 Å². The van der Waals surface area contributed by atoms with Crippen molar-refractivity contribution >= 4 is 5.97 Å². The third kappa shape index (κ3) is 36.8. The first-order chi connectivity index (χ1) is 20.8. The Morgan fingerprint density at radius 2 is 0.667 bits per heavy atom. The molecule has 13 nitrogen and oxygen atoms in total. The van der Waals surface area contributed by atoms with Gasteiger partial charge in [-0.15, -0.1) is 6.58 Å². The maximum atomic E-state index is 11.2. The van der Waals surface area contributed by atoms with Gasteiger partial charge in [-0.2, -0.15) is 0 Å². The van der Waals surface area contributed by atoms with Gasteiger partial charge in [-0.05, 0) is 6.42 Å². The average molecular weight is 613 g/mol. The van der Waals surface area contributed by atoms with Gasteiger partial charge in [-0.3, -0.25) is 4.79 Å². The quantitative estimate of drug-likeness (QED) is 0.0574. The molecule has 0 saturated carbocycles. The summed E-state index contributed by atoms with van der Waals surface area (Å²) in [6, 6.07) is 0. The van der Waals surface area contributed by atoms with Gasteiger partial charge in [0.05, 0.1) is 145 Å². The van der Waals surface area contributed by atoms with E-state index in [-0.39, 0.29) is 12.6 Å². The van der Waals surface area contributed by atoms with Gasteiger partial charge in [0, 0.05) is 6.42 Å². The first-order valence-electron chi connectivity index (χ1n) is 14.9. The lowest BCUT2D eigenvalue weighted by Crippen LogP contribution is -2.15. The first kappa shape index (κ1) is 40.8. The molecule has 0 N–H and O–H groups in total. The van der Waals surface area contributed by atoms with Gasteiger partial charge in [-0.25, -0.2) is 0 Å². The molecule has 0 saturated heterocycles. The molecule has 0 spiro atoms. The van der Waals surface area contributed by atoms with E-state index in [1.54, 1.807) is 6.08 Å². The van der Waals surface area contributed by atoms with Crippen molar-refractivity contribution in [1.29, 1.82) is 0 Å². The van der Waals surface area contributed by atoms with E-state index in [4.69, 9.17) is 56.8 Å². The van der Waals surface area contributed by atoms with Gasteiger partial charge in [-0.1, -0.05) is 13.0 Å². The van der Waals surface area contributed by atoms with Crippen molar-refractivity contribution in [2.45, 2.75) is 19.8 Å². The number of esters is 1. The summed E-state index contributed by atoms with van der Waals surface area (Å²) in [7, 11) is 0. The van der Waals surface area contributed by atoms with Crippen LogP contribution in [0.4, 0.5) is 0 Å². The molecule has 0 aliphatic heterocycles. The Balaban J connectivity index is 3.05. The third-order valence-electron chi connectivity index (χ3n) is 4.90. The van der Waals surface area contributed by atoms with Crippen LogP contribution in [0.1, 0.15) is 19.8 Å². The maximum absolute atomic E-state index is 11.2. The Morgan fingerprint density at radius 3 is 0.905 bits per heavy atom. The smallest absolute Gasteiger partial charge is 0.305 e. The van der Waals surface area contributed by atoms with Crippen LogP contribution in [0.2, 0.25) is 0 Å². The van der Waals surface area contributed by atoms with Crippen molar-refractivity contribution in [3.63, 3.8) is 0 Å². The minimum absolute atomic E-state index is 0.188. The van der Waals surface area contributed by atoms with Crippen molar-refractivity contribution in [1.82, 2.24) is 0 Å². The summed E-state index contributed by atoms with van der Waals surface area (Å²) in [6.07, 6.45) is 2.94. The van der Waals surface area contributed by atoms with Gasteiger partial charge in [0.2, 0.25) is 0 Å². The summed E-state index contributed by atoms with van der Waals surface area (Å²) < 4.78 is 64.4. The van der Waals surface area contributed by atoms with Gasteiger partial charge < -0.3 is 56.8 Å². The number of hydrogen-bond donors (Lipinski definition) is 0. The molecule has 0 atom stereocenters. The fraction of sp³-hybridized carbons (Fsp3) is 0.897. The van der Waals surface area contributed by atoms with Crippen molar-refractivity contribution < 1.29 is 61.6 Å². The minimum atomic E-state index is -0.188. The van der Waals surface area contributed by atoms with Gasteiger partial charge in [0.15, 0.2) is 0 Å². The predicted octanol–water partition coefficient (Wildman–Crippen LogP) is 1.70. The normalized spacial score (nSPS) is 11.3. The molecular weight excluding hydrogens is 556 g/mol. The van der Waals surface area contributed by atoms with E-state index in [1.165, 1.54) is 0 Å². The summed E-state index contributed by atoms with van der Waals surface area (Å²) in [5, 5.41) is 0. The highest BCUT2D eigenvalue weighted by atomic mass is 16.6. The second kappa shape index (κ2) is 37.8. The van der Waals surface area contributed by atoms with Gasteiger partial charge in [0.1, 0.15) is 6.61 Å². The molecule has 0 aromatic rings. The zero-order chi connectivity index (χ0) is 30.4. The molecule has 0 aromatic heterocycles. The highest BCUT2D eigenvalue weighted by molar-refractivity contribution is 5.69. The van der Waals surface area contributed by atoms with Crippen LogP contribution in [0.15, 0.2) is 12.7 Å². The lowest BCUT2D eigenvalue weighted by Gasteiger charge is -2.09. The maximum Gasteiger partial charge on any atom is 0.305 e. The van der Waals surface area contributed by atoms with E-state index < -0.39 is 0 Å². The lowest BCUT2D eigenvalue weighted by molar-refractivity contribution is -0.145. The Bertz CT molecular complexity index is 540. The van der Waals surface area contributed by atoms with E-state index in [0.29, 0.717) is 152 Å². The monoisotopic (exact) mass is 612 g/mol. The predicted molar refractivity (Wildman–Crippen MR) is 155 cm³/mol. The molecule has 0 aliphatic rings. The average Bonchev–Trinajstić information content (AvgIpc) is 2.99. The van der Waals surface area contributed by atoms with Crippen LogP contribution in [-0.2, 0) is 61.6 Å². The zero-order valence-corrected chi connectivity index (χ0v) is 25.8. The molecule has 13 heteroatoms. The van der Waals surface area contributed by atoms with Crippen molar-refractivity contribution in [2.75, 3.05) is 152 Å². The number of carbonyl (C=O) groups is 1. The molecule has 0 heterocycles. The summed E-state index contributed by atoms with van der Waals surface area (Å²) >= 11 is 0. The fourth-order valence-electron chi connectivity index (χ4n) is 2.86. The second-order valence-electron chi connectivity index (χ2n) is 8.46. The molecule has 0 aliphatic carbocycles. The molecular formula is C29H56O13. The van der Waals surface area contributed by atoms with Crippen LogP contribution in [0.5, 0.6) is 0 Å². The van der Waals surface area contributed by atoms with E-state index in [9.17, 15) is 4.79 Å². The van der Waals surface area contributed by atoms with E-state index in [0.717, 1.165) is 6.42 Å². The van der Waals surface area contributed by atoms with Crippen LogP contribution in [0.3, 0.4) is 0 Å². The first-order valence-corrected chi connectivity index (χ1v) is 14.9. The van der Waals surface area contributed by atoms with Crippen molar-refractivity contribution in [3.05, 3.63) is 12.7 Å². The molecule has 0 bridgehead atoms. The Hall–Kier alpha value is -1.23.